The first-order chi connectivity index (χ1) is 8.84. The molecule has 0 bridgehead atoms. The van der Waals surface area contributed by atoms with Gasteiger partial charge in [0.05, 0.1) is 6.04 Å². The monoisotopic (exact) mass is 237 g/mol. The van der Waals surface area contributed by atoms with Crippen molar-refractivity contribution >= 4 is 5.69 Å². The maximum Gasteiger partial charge on any atom is 0.0516 e. The Hall–Kier alpha value is -1.76. The van der Waals surface area contributed by atoms with E-state index in [4.69, 9.17) is 0 Å². The predicted molar refractivity (Wildman–Crippen MR) is 76.9 cm³/mol. The van der Waals surface area contributed by atoms with Gasteiger partial charge in [0.25, 0.3) is 0 Å². The van der Waals surface area contributed by atoms with Gasteiger partial charge in [0.2, 0.25) is 0 Å². The largest absolute Gasteiger partial charge is 0.378 e. The fourth-order valence-electron chi connectivity index (χ4n) is 2.89. The summed E-state index contributed by atoms with van der Waals surface area (Å²) in [5, 5.41) is 3.66. The Morgan fingerprint density at radius 3 is 2.28 bits per heavy atom. The summed E-state index contributed by atoms with van der Waals surface area (Å²) in [4.78, 5) is 0. The van der Waals surface area contributed by atoms with Crippen molar-refractivity contribution in [2.75, 3.05) is 5.32 Å². The highest BCUT2D eigenvalue weighted by Gasteiger charge is 2.23. The minimum Gasteiger partial charge on any atom is -0.378 e. The Kier molecular flexibility index (Phi) is 3.06. The smallest absolute Gasteiger partial charge is 0.0516 e. The fraction of sp³-hybridized carbons (Fsp3) is 0.294. The van der Waals surface area contributed by atoms with Crippen LogP contribution in [0.2, 0.25) is 0 Å². The Labute approximate surface area is 109 Å². The summed E-state index contributed by atoms with van der Waals surface area (Å²) in [7, 11) is 0. The van der Waals surface area contributed by atoms with Gasteiger partial charge in [-0.3, -0.25) is 0 Å². The highest BCUT2D eigenvalue weighted by Crippen LogP contribution is 2.38. The number of para-hydroxylation sites is 1. The molecule has 92 valence electrons. The molecule has 0 fully saturated rings. The number of benzene rings is 2. The van der Waals surface area contributed by atoms with E-state index in [0.717, 1.165) is 0 Å². The normalized spacial score (nSPS) is 22.3. The van der Waals surface area contributed by atoms with Gasteiger partial charge in [0, 0.05) is 5.69 Å². The molecule has 0 heterocycles. The Morgan fingerprint density at radius 2 is 1.50 bits per heavy atom. The summed E-state index contributed by atoms with van der Waals surface area (Å²) in [5.41, 5.74) is 4.20. The van der Waals surface area contributed by atoms with E-state index in [-0.39, 0.29) is 0 Å². The molecule has 1 N–H and O–H groups in total. The summed E-state index contributed by atoms with van der Waals surface area (Å²) in [6, 6.07) is 19.8. The number of anilines is 1. The predicted octanol–water partition coefficient (Wildman–Crippen LogP) is 4.74. The Morgan fingerprint density at radius 1 is 0.833 bits per heavy atom. The summed E-state index contributed by atoms with van der Waals surface area (Å²) in [6.45, 7) is 2.33. The van der Waals surface area contributed by atoms with Crippen LogP contribution in [0.15, 0.2) is 54.6 Å². The van der Waals surface area contributed by atoms with Crippen molar-refractivity contribution in [3.8, 4) is 0 Å². The molecular formula is C17H19N. The maximum absolute atomic E-state index is 3.66. The molecule has 0 aromatic heterocycles. The molecule has 18 heavy (non-hydrogen) atoms. The third kappa shape index (κ3) is 2.13. The summed E-state index contributed by atoms with van der Waals surface area (Å²) in [6.07, 6.45) is 2.48. The lowest BCUT2D eigenvalue weighted by Crippen LogP contribution is -2.19. The van der Waals surface area contributed by atoms with Crippen LogP contribution in [0.25, 0.3) is 0 Å². The zero-order valence-corrected chi connectivity index (χ0v) is 10.8. The van der Waals surface area contributed by atoms with Crippen molar-refractivity contribution in [1.82, 2.24) is 0 Å². The highest BCUT2D eigenvalue weighted by molar-refractivity contribution is 5.47. The van der Waals surface area contributed by atoms with E-state index in [2.05, 4.69) is 66.8 Å². The van der Waals surface area contributed by atoms with Crippen molar-refractivity contribution in [2.24, 2.45) is 0 Å². The molecule has 2 unspecified atom stereocenters. The van der Waals surface area contributed by atoms with Gasteiger partial charge in [-0.25, -0.2) is 0 Å². The Balaban J connectivity index is 1.89. The number of hydrogen-bond donors (Lipinski definition) is 1. The van der Waals surface area contributed by atoms with Gasteiger partial charge >= 0.3 is 0 Å². The SMILES string of the molecule is CC1CCC(Nc2ccccc2)c2ccccc21. The molecule has 0 aliphatic heterocycles. The molecule has 0 radical (unpaired) electrons. The Bertz CT molecular complexity index is 518. The van der Waals surface area contributed by atoms with Crippen molar-refractivity contribution in [2.45, 2.75) is 31.7 Å². The van der Waals surface area contributed by atoms with Gasteiger partial charge < -0.3 is 5.32 Å². The van der Waals surface area contributed by atoms with Crippen molar-refractivity contribution in [1.29, 1.82) is 0 Å². The van der Waals surface area contributed by atoms with Crippen molar-refractivity contribution in [3.05, 3.63) is 65.7 Å². The summed E-state index contributed by atoms with van der Waals surface area (Å²) in [5.74, 6) is 0.690. The van der Waals surface area contributed by atoms with E-state index in [9.17, 15) is 0 Å². The van der Waals surface area contributed by atoms with Crippen molar-refractivity contribution in [3.63, 3.8) is 0 Å². The number of rotatable bonds is 2. The molecule has 1 heteroatoms. The quantitative estimate of drug-likeness (QED) is 0.795. The number of nitrogens with one attached hydrogen (secondary N) is 1. The van der Waals surface area contributed by atoms with Crippen LogP contribution in [0.1, 0.15) is 42.9 Å². The lowest BCUT2D eigenvalue weighted by Gasteiger charge is -2.31. The average Bonchev–Trinajstić information content (AvgIpc) is 2.44. The van der Waals surface area contributed by atoms with Gasteiger partial charge in [0.15, 0.2) is 0 Å². The van der Waals surface area contributed by atoms with Gasteiger partial charge in [-0.2, -0.15) is 0 Å². The topological polar surface area (TPSA) is 12.0 Å². The molecule has 1 aliphatic carbocycles. The van der Waals surface area contributed by atoms with Gasteiger partial charge in [-0.1, -0.05) is 49.4 Å². The van der Waals surface area contributed by atoms with Gasteiger partial charge in [-0.15, -0.1) is 0 Å². The van der Waals surface area contributed by atoms with Crippen LogP contribution in [0.5, 0.6) is 0 Å². The first kappa shape index (κ1) is 11.3. The highest BCUT2D eigenvalue weighted by atomic mass is 14.9. The standard InChI is InChI=1S/C17H19N/c1-13-11-12-17(16-10-6-5-9-15(13)16)18-14-7-3-2-4-8-14/h2-10,13,17-18H,11-12H2,1H3. The third-order valence-electron chi connectivity index (χ3n) is 3.91. The van der Waals surface area contributed by atoms with Crippen molar-refractivity contribution < 1.29 is 0 Å². The lowest BCUT2D eigenvalue weighted by molar-refractivity contribution is 0.534. The van der Waals surface area contributed by atoms with Crippen LogP contribution in [0.3, 0.4) is 0 Å². The van der Waals surface area contributed by atoms with Gasteiger partial charge in [0.1, 0.15) is 0 Å². The number of fused-ring (bicyclic) bond motifs is 1. The first-order valence-corrected chi connectivity index (χ1v) is 6.75. The van der Waals surface area contributed by atoms with Crippen LogP contribution in [0, 0.1) is 0 Å². The molecular weight excluding hydrogens is 218 g/mol. The molecule has 2 atom stereocenters. The molecule has 0 saturated carbocycles. The molecule has 3 rings (SSSR count). The van der Waals surface area contributed by atoms with E-state index in [1.54, 1.807) is 0 Å². The molecule has 2 aromatic rings. The lowest BCUT2D eigenvalue weighted by atomic mass is 9.81. The average molecular weight is 237 g/mol. The molecule has 0 saturated heterocycles. The van der Waals surface area contributed by atoms with Crippen LogP contribution in [-0.2, 0) is 0 Å². The zero-order chi connectivity index (χ0) is 12.4. The van der Waals surface area contributed by atoms with Crippen LogP contribution in [0.4, 0.5) is 5.69 Å². The van der Waals surface area contributed by atoms with Crippen LogP contribution >= 0.6 is 0 Å². The second-order valence-electron chi connectivity index (χ2n) is 5.17. The zero-order valence-electron chi connectivity index (χ0n) is 10.8. The van der Waals surface area contributed by atoms with Crippen LogP contribution in [-0.4, -0.2) is 0 Å². The van der Waals surface area contributed by atoms with Gasteiger partial charge in [-0.05, 0) is 42.0 Å². The van der Waals surface area contributed by atoms with E-state index in [1.165, 1.54) is 29.7 Å². The molecule has 0 spiro atoms. The molecule has 1 aliphatic rings. The minimum absolute atomic E-state index is 0.458. The third-order valence-corrected chi connectivity index (χ3v) is 3.91. The molecule has 0 amide bonds. The van der Waals surface area contributed by atoms with Crippen LogP contribution < -0.4 is 5.32 Å². The summed E-state index contributed by atoms with van der Waals surface area (Å²) < 4.78 is 0. The van der Waals surface area contributed by atoms with E-state index >= 15 is 0 Å². The molecule has 2 aromatic carbocycles. The second kappa shape index (κ2) is 4.85. The minimum atomic E-state index is 0.458. The first-order valence-electron chi connectivity index (χ1n) is 6.75. The van der Waals surface area contributed by atoms with E-state index < -0.39 is 0 Å². The fourth-order valence-corrected chi connectivity index (χ4v) is 2.89. The number of hydrogen-bond acceptors (Lipinski definition) is 1. The second-order valence-corrected chi connectivity index (χ2v) is 5.17. The van der Waals surface area contributed by atoms with E-state index in [1.807, 2.05) is 0 Å². The molecule has 1 nitrogen and oxygen atoms in total. The summed E-state index contributed by atoms with van der Waals surface area (Å²) >= 11 is 0. The van der Waals surface area contributed by atoms with E-state index in [0.29, 0.717) is 12.0 Å². The maximum atomic E-state index is 3.66.